The largest absolute Gasteiger partial charge is 0.339 e. The van der Waals surface area contributed by atoms with Crippen LogP contribution in [0, 0.1) is 0 Å². The van der Waals surface area contributed by atoms with Crippen LogP contribution in [0.2, 0.25) is 10.0 Å². The molecule has 0 N–H and O–H groups in total. The highest BCUT2D eigenvalue weighted by atomic mass is 35.5. The van der Waals surface area contributed by atoms with E-state index in [1.54, 1.807) is 29.7 Å². The Kier molecular flexibility index (Phi) is 8.70. The molecule has 3 aromatic rings. The molecule has 0 spiro atoms. The Morgan fingerprint density at radius 1 is 0.943 bits per heavy atom. The summed E-state index contributed by atoms with van der Waals surface area (Å²) in [7, 11) is 0. The Morgan fingerprint density at radius 3 is 2.34 bits per heavy atom. The van der Waals surface area contributed by atoms with Gasteiger partial charge in [-0.05, 0) is 30.2 Å². The van der Waals surface area contributed by atoms with Crippen molar-refractivity contribution < 1.29 is 9.59 Å². The summed E-state index contributed by atoms with van der Waals surface area (Å²) in [5.74, 6) is 1.72. The number of thioether (sulfide) groups is 1. The van der Waals surface area contributed by atoms with Gasteiger partial charge in [0.15, 0.2) is 5.16 Å². The van der Waals surface area contributed by atoms with Crippen LogP contribution < -0.4 is 0 Å². The van der Waals surface area contributed by atoms with Gasteiger partial charge in [0.25, 0.3) is 0 Å². The normalized spacial score (nSPS) is 13.8. The fourth-order valence-corrected chi connectivity index (χ4v) is 5.19. The molecule has 2 heterocycles. The number of halogens is 2. The number of carbonyl (C=O) groups is 2. The molecule has 10 heteroatoms. The van der Waals surface area contributed by atoms with Gasteiger partial charge in [-0.15, -0.1) is 10.2 Å². The molecule has 1 aliphatic rings. The van der Waals surface area contributed by atoms with Crippen molar-refractivity contribution in [3.8, 4) is 5.69 Å². The van der Waals surface area contributed by atoms with Crippen molar-refractivity contribution in [2.75, 3.05) is 31.9 Å². The van der Waals surface area contributed by atoms with Crippen molar-refractivity contribution in [3.63, 3.8) is 0 Å². The Bertz CT molecular complexity index is 1180. The fraction of sp³-hybridized carbons (Fsp3) is 0.360. The first-order valence-corrected chi connectivity index (χ1v) is 13.3. The van der Waals surface area contributed by atoms with Gasteiger partial charge in [-0.25, -0.2) is 0 Å². The zero-order valence-corrected chi connectivity index (χ0v) is 21.8. The second-order valence-electron chi connectivity index (χ2n) is 8.33. The molecule has 2 aromatic carbocycles. The first-order valence-electron chi connectivity index (χ1n) is 11.5. The van der Waals surface area contributed by atoms with E-state index in [0.717, 1.165) is 34.4 Å². The summed E-state index contributed by atoms with van der Waals surface area (Å²) in [6, 6.07) is 15.6. The molecule has 35 heavy (non-hydrogen) atoms. The average molecular weight is 532 g/mol. The summed E-state index contributed by atoms with van der Waals surface area (Å²) in [5.41, 5.74) is 1.98. The Balaban J connectivity index is 1.40. The molecular formula is C25H27Cl2N5O2S. The van der Waals surface area contributed by atoms with E-state index in [-0.39, 0.29) is 11.8 Å². The maximum atomic E-state index is 12.6. The van der Waals surface area contributed by atoms with E-state index >= 15 is 0 Å². The van der Waals surface area contributed by atoms with Gasteiger partial charge >= 0.3 is 0 Å². The predicted octanol–water partition coefficient (Wildman–Crippen LogP) is 4.73. The van der Waals surface area contributed by atoms with Gasteiger partial charge in [-0.1, -0.05) is 65.3 Å². The molecule has 184 valence electrons. The molecule has 2 amide bonds. The van der Waals surface area contributed by atoms with Crippen LogP contribution in [0.4, 0.5) is 0 Å². The highest BCUT2D eigenvalue weighted by molar-refractivity contribution is 7.99. The molecule has 0 radical (unpaired) electrons. The molecule has 1 fully saturated rings. The SMILES string of the molecule is CC(=O)N1CCN(C(=O)CCCSc2nnc(Cc3ccccc3)n2-c2ccc(Cl)c(Cl)c2)CC1. The maximum Gasteiger partial charge on any atom is 0.222 e. The average Bonchev–Trinajstić information content (AvgIpc) is 3.26. The third-order valence-electron chi connectivity index (χ3n) is 5.91. The van der Waals surface area contributed by atoms with Crippen LogP contribution in [-0.2, 0) is 16.0 Å². The Labute approximate surface area is 219 Å². The topological polar surface area (TPSA) is 71.3 Å². The second-order valence-corrected chi connectivity index (χ2v) is 10.2. The molecule has 0 bridgehead atoms. The van der Waals surface area contributed by atoms with Crippen molar-refractivity contribution >= 4 is 46.8 Å². The lowest BCUT2D eigenvalue weighted by Gasteiger charge is -2.34. The maximum absolute atomic E-state index is 12.6. The van der Waals surface area contributed by atoms with Crippen molar-refractivity contribution in [2.24, 2.45) is 0 Å². The number of rotatable bonds is 8. The number of piperazine rings is 1. The third kappa shape index (κ3) is 6.57. The van der Waals surface area contributed by atoms with Gasteiger partial charge in [0.1, 0.15) is 5.82 Å². The van der Waals surface area contributed by atoms with E-state index in [2.05, 4.69) is 22.3 Å². The van der Waals surface area contributed by atoms with Gasteiger partial charge in [0, 0.05) is 51.7 Å². The highest BCUT2D eigenvalue weighted by Gasteiger charge is 2.22. The Hall–Kier alpha value is -2.55. The monoisotopic (exact) mass is 531 g/mol. The number of amides is 2. The van der Waals surface area contributed by atoms with Gasteiger partial charge in [0.2, 0.25) is 11.8 Å². The minimum Gasteiger partial charge on any atom is -0.339 e. The molecule has 0 atom stereocenters. The van der Waals surface area contributed by atoms with E-state index in [9.17, 15) is 9.59 Å². The molecule has 7 nitrogen and oxygen atoms in total. The van der Waals surface area contributed by atoms with Crippen LogP contribution in [0.25, 0.3) is 5.69 Å². The van der Waals surface area contributed by atoms with Crippen LogP contribution in [0.3, 0.4) is 0 Å². The number of carbonyl (C=O) groups excluding carboxylic acids is 2. The number of aromatic nitrogens is 3. The molecule has 0 aliphatic carbocycles. The standard InChI is InChI=1S/C25H27Cl2N5O2S/c1-18(33)30-11-13-31(14-12-30)24(34)8-5-15-35-25-29-28-23(16-19-6-3-2-4-7-19)32(25)20-9-10-21(26)22(27)17-20/h2-4,6-7,9-10,17H,5,8,11-16H2,1H3. The summed E-state index contributed by atoms with van der Waals surface area (Å²) in [6.07, 6.45) is 1.81. The first-order chi connectivity index (χ1) is 16.9. The highest BCUT2D eigenvalue weighted by Crippen LogP contribution is 2.29. The lowest BCUT2D eigenvalue weighted by Crippen LogP contribution is -2.50. The molecule has 1 aliphatic heterocycles. The first kappa shape index (κ1) is 25.5. The van der Waals surface area contributed by atoms with E-state index in [0.29, 0.717) is 49.1 Å². The number of nitrogens with zero attached hydrogens (tertiary/aromatic N) is 5. The molecule has 1 saturated heterocycles. The molecule has 0 saturated carbocycles. The summed E-state index contributed by atoms with van der Waals surface area (Å²) in [6.45, 7) is 3.97. The summed E-state index contributed by atoms with van der Waals surface area (Å²) < 4.78 is 2.00. The molecular weight excluding hydrogens is 505 g/mol. The van der Waals surface area contributed by atoms with Gasteiger partial charge in [-0.3, -0.25) is 14.2 Å². The predicted molar refractivity (Wildman–Crippen MR) is 139 cm³/mol. The minimum absolute atomic E-state index is 0.0613. The van der Waals surface area contributed by atoms with Gasteiger partial charge < -0.3 is 9.80 Å². The molecule has 1 aromatic heterocycles. The minimum atomic E-state index is 0.0613. The van der Waals surface area contributed by atoms with E-state index in [4.69, 9.17) is 23.2 Å². The van der Waals surface area contributed by atoms with Crippen molar-refractivity contribution in [1.29, 1.82) is 0 Å². The molecule has 4 rings (SSSR count). The number of hydrogen-bond acceptors (Lipinski definition) is 5. The summed E-state index contributed by atoms with van der Waals surface area (Å²) in [5, 5.41) is 10.6. The van der Waals surface area contributed by atoms with Crippen LogP contribution in [0.15, 0.2) is 53.7 Å². The summed E-state index contributed by atoms with van der Waals surface area (Å²) in [4.78, 5) is 27.7. The van der Waals surface area contributed by atoms with Crippen LogP contribution in [0.5, 0.6) is 0 Å². The zero-order valence-electron chi connectivity index (χ0n) is 19.5. The lowest BCUT2D eigenvalue weighted by molar-refractivity contribution is -0.138. The van der Waals surface area contributed by atoms with Crippen molar-refractivity contribution in [3.05, 3.63) is 70.0 Å². The van der Waals surface area contributed by atoms with Crippen LogP contribution >= 0.6 is 35.0 Å². The van der Waals surface area contributed by atoms with E-state index < -0.39 is 0 Å². The number of benzene rings is 2. The smallest absolute Gasteiger partial charge is 0.222 e. The Morgan fingerprint density at radius 2 is 1.66 bits per heavy atom. The van der Waals surface area contributed by atoms with Crippen LogP contribution in [-0.4, -0.2) is 68.3 Å². The van der Waals surface area contributed by atoms with Gasteiger partial charge in [0.05, 0.1) is 15.7 Å². The van der Waals surface area contributed by atoms with E-state index in [1.807, 2.05) is 39.8 Å². The fourth-order valence-electron chi connectivity index (χ4n) is 3.99. The lowest BCUT2D eigenvalue weighted by atomic mass is 10.1. The second kappa shape index (κ2) is 11.9. The number of hydrogen-bond donors (Lipinski definition) is 0. The van der Waals surface area contributed by atoms with Crippen molar-refractivity contribution in [1.82, 2.24) is 24.6 Å². The summed E-state index contributed by atoms with van der Waals surface area (Å²) >= 11 is 14.0. The third-order valence-corrected chi connectivity index (χ3v) is 7.66. The van der Waals surface area contributed by atoms with E-state index in [1.165, 1.54) is 0 Å². The quantitative estimate of drug-likeness (QED) is 0.310. The van der Waals surface area contributed by atoms with Gasteiger partial charge in [-0.2, -0.15) is 0 Å². The van der Waals surface area contributed by atoms with Crippen molar-refractivity contribution in [2.45, 2.75) is 31.3 Å². The van der Waals surface area contributed by atoms with Crippen LogP contribution in [0.1, 0.15) is 31.2 Å². The molecule has 0 unspecified atom stereocenters. The zero-order chi connectivity index (χ0) is 24.8.